The third-order valence-electron chi connectivity index (χ3n) is 4.37. The van der Waals surface area contributed by atoms with Gasteiger partial charge in [0.05, 0.1) is 28.0 Å². The number of benzene rings is 2. The maximum atomic E-state index is 12.7. The number of hydrogen-bond acceptors (Lipinski definition) is 7. The smallest absolute Gasteiger partial charge is 0.340 e. The van der Waals surface area contributed by atoms with Crippen LogP contribution in [0.1, 0.15) is 22.8 Å². The number of anilines is 2. The Kier molecular flexibility index (Phi) is 8.62. The van der Waals surface area contributed by atoms with Crippen LogP contribution in [0.25, 0.3) is 0 Å². The quantitative estimate of drug-likeness (QED) is 0.348. The number of amides is 2. The van der Waals surface area contributed by atoms with E-state index in [9.17, 15) is 14.4 Å². The molecule has 10 heteroatoms. The van der Waals surface area contributed by atoms with E-state index in [4.69, 9.17) is 21.6 Å². The molecule has 1 aromatic heterocycles. The summed E-state index contributed by atoms with van der Waals surface area (Å²) in [6, 6.07) is 18.3. The van der Waals surface area contributed by atoms with Gasteiger partial charge in [0.15, 0.2) is 6.10 Å². The van der Waals surface area contributed by atoms with Gasteiger partial charge in [-0.2, -0.15) is 5.26 Å². The highest BCUT2D eigenvalue weighted by Crippen LogP contribution is 2.24. The second-order valence-electron chi connectivity index (χ2n) is 6.92. The third-order valence-corrected chi connectivity index (χ3v) is 5.67. The summed E-state index contributed by atoms with van der Waals surface area (Å²) >= 11 is 6.93. The molecule has 0 aliphatic heterocycles. The van der Waals surface area contributed by atoms with Crippen molar-refractivity contribution >= 4 is 52.7 Å². The van der Waals surface area contributed by atoms with Crippen LogP contribution in [-0.2, 0) is 14.3 Å². The molecule has 0 fully saturated rings. The topological polar surface area (TPSA) is 121 Å². The largest absolute Gasteiger partial charge is 0.449 e. The Labute approximate surface area is 205 Å². The van der Waals surface area contributed by atoms with E-state index in [1.165, 1.54) is 19.2 Å². The summed E-state index contributed by atoms with van der Waals surface area (Å²) in [4.78, 5) is 41.9. The first-order valence-electron chi connectivity index (χ1n) is 10.0. The number of esters is 1. The second-order valence-corrected chi connectivity index (χ2v) is 8.38. The van der Waals surface area contributed by atoms with Crippen molar-refractivity contribution in [1.82, 2.24) is 4.98 Å². The number of halogens is 1. The van der Waals surface area contributed by atoms with Gasteiger partial charge in [0.2, 0.25) is 5.91 Å². The van der Waals surface area contributed by atoms with Crippen molar-refractivity contribution < 1.29 is 19.1 Å². The average molecular weight is 495 g/mol. The molecule has 172 valence electrons. The summed E-state index contributed by atoms with van der Waals surface area (Å²) in [7, 11) is 0. The van der Waals surface area contributed by atoms with E-state index in [-0.39, 0.29) is 23.0 Å². The van der Waals surface area contributed by atoms with Crippen molar-refractivity contribution in [3.05, 3.63) is 83.0 Å². The Balaban J connectivity index is 1.58. The molecule has 3 aromatic rings. The summed E-state index contributed by atoms with van der Waals surface area (Å²) in [5, 5.41) is 14.7. The van der Waals surface area contributed by atoms with Crippen LogP contribution in [-0.4, -0.2) is 34.6 Å². The minimum Gasteiger partial charge on any atom is -0.449 e. The number of nitriles is 1. The van der Waals surface area contributed by atoms with Gasteiger partial charge in [-0.1, -0.05) is 29.8 Å². The van der Waals surface area contributed by atoms with Gasteiger partial charge in [-0.05, 0) is 49.4 Å². The number of thioether (sulfide) groups is 1. The van der Waals surface area contributed by atoms with Crippen LogP contribution in [0.3, 0.4) is 0 Å². The van der Waals surface area contributed by atoms with Gasteiger partial charge in [-0.3, -0.25) is 9.59 Å². The molecule has 8 nitrogen and oxygen atoms in total. The highest BCUT2D eigenvalue weighted by molar-refractivity contribution is 8.00. The Morgan fingerprint density at radius 2 is 1.91 bits per heavy atom. The van der Waals surface area contributed by atoms with Gasteiger partial charge in [-0.15, -0.1) is 11.8 Å². The van der Waals surface area contributed by atoms with Crippen LogP contribution in [0.15, 0.2) is 71.8 Å². The fraction of sp³-hybridized carbons (Fsp3) is 0.125. The van der Waals surface area contributed by atoms with Crippen molar-refractivity contribution in [3.8, 4) is 6.07 Å². The lowest BCUT2D eigenvalue weighted by Gasteiger charge is -2.15. The lowest BCUT2D eigenvalue weighted by atomic mass is 10.2. The number of carbonyl (C=O) groups excluding carboxylic acids is 3. The minimum absolute atomic E-state index is 0.0271. The second kappa shape index (κ2) is 11.8. The first-order chi connectivity index (χ1) is 16.4. The van der Waals surface area contributed by atoms with Crippen LogP contribution < -0.4 is 10.6 Å². The number of aromatic nitrogens is 1. The zero-order valence-corrected chi connectivity index (χ0v) is 19.5. The summed E-state index contributed by atoms with van der Waals surface area (Å²) in [5.41, 5.74) is 1.17. The molecule has 0 spiro atoms. The summed E-state index contributed by atoms with van der Waals surface area (Å²) < 4.78 is 5.31. The van der Waals surface area contributed by atoms with E-state index in [2.05, 4.69) is 15.6 Å². The highest BCUT2D eigenvalue weighted by atomic mass is 35.5. The molecule has 0 aliphatic rings. The standard InChI is InChI=1S/C24H19ClN4O4S/c1-15(23(31)29-21-10-9-17(25)13-27-21)33-24(32)19-7-2-3-8-20(19)34-14-22(30)28-18-6-4-5-16(11-18)12-26/h2-11,13,15H,14H2,1H3,(H,28,30)(H,27,29,31). The monoisotopic (exact) mass is 494 g/mol. The minimum atomic E-state index is -1.08. The molecule has 1 unspecified atom stereocenters. The zero-order chi connectivity index (χ0) is 24.5. The van der Waals surface area contributed by atoms with E-state index < -0.39 is 18.0 Å². The number of rotatable bonds is 8. The Bertz CT molecular complexity index is 1240. The van der Waals surface area contributed by atoms with Crippen molar-refractivity contribution in [3.63, 3.8) is 0 Å². The van der Waals surface area contributed by atoms with E-state index in [1.807, 2.05) is 6.07 Å². The SMILES string of the molecule is CC(OC(=O)c1ccccc1SCC(=O)Nc1cccc(C#N)c1)C(=O)Nc1ccc(Cl)cn1. The summed E-state index contributed by atoms with van der Waals surface area (Å²) in [6.07, 6.45) is 0.302. The molecule has 2 aromatic carbocycles. The predicted molar refractivity (Wildman–Crippen MR) is 130 cm³/mol. The molecule has 0 aliphatic carbocycles. The first kappa shape index (κ1) is 24.8. The number of hydrogen-bond donors (Lipinski definition) is 2. The molecule has 3 rings (SSSR count). The van der Waals surface area contributed by atoms with Crippen molar-refractivity contribution in [2.45, 2.75) is 17.9 Å². The van der Waals surface area contributed by atoms with Gasteiger partial charge in [0.1, 0.15) is 5.82 Å². The van der Waals surface area contributed by atoms with Crippen LogP contribution in [0.2, 0.25) is 5.02 Å². The van der Waals surface area contributed by atoms with Crippen LogP contribution in [0.4, 0.5) is 11.5 Å². The number of nitrogens with zero attached hydrogens (tertiary/aromatic N) is 2. The maximum Gasteiger partial charge on any atom is 0.340 e. The van der Waals surface area contributed by atoms with Crippen LogP contribution in [0, 0.1) is 11.3 Å². The normalized spacial score (nSPS) is 11.1. The fourth-order valence-electron chi connectivity index (χ4n) is 2.72. The molecule has 34 heavy (non-hydrogen) atoms. The maximum absolute atomic E-state index is 12.7. The van der Waals surface area contributed by atoms with Gasteiger partial charge in [-0.25, -0.2) is 9.78 Å². The number of nitrogens with one attached hydrogen (secondary N) is 2. The lowest BCUT2D eigenvalue weighted by molar-refractivity contribution is -0.123. The molecular formula is C24H19ClN4O4S. The van der Waals surface area contributed by atoms with E-state index in [0.29, 0.717) is 21.2 Å². The molecule has 0 saturated carbocycles. The van der Waals surface area contributed by atoms with Gasteiger partial charge in [0, 0.05) is 16.8 Å². The number of pyridine rings is 1. The zero-order valence-electron chi connectivity index (χ0n) is 17.9. The molecule has 0 radical (unpaired) electrons. The molecule has 1 atom stereocenters. The molecule has 0 saturated heterocycles. The fourth-order valence-corrected chi connectivity index (χ4v) is 3.68. The number of ether oxygens (including phenoxy) is 1. The first-order valence-corrected chi connectivity index (χ1v) is 11.4. The lowest BCUT2D eigenvalue weighted by Crippen LogP contribution is -2.30. The molecule has 1 heterocycles. The predicted octanol–water partition coefficient (Wildman–Crippen LogP) is 4.52. The van der Waals surface area contributed by atoms with Crippen LogP contribution in [0.5, 0.6) is 0 Å². The van der Waals surface area contributed by atoms with Crippen molar-refractivity contribution in [2.75, 3.05) is 16.4 Å². The highest BCUT2D eigenvalue weighted by Gasteiger charge is 2.21. The van der Waals surface area contributed by atoms with Crippen molar-refractivity contribution in [1.29, 1.82) is 5.26 Å². The molecule has 2 amide bonds. The molecule has 0 bridgehead atoms. The van der Waals surface area contributed by atoms with Gasteiger partial charge >= 0.3 is 5.97 Å². The Hall–Kier alpha value is -3.87. The average Bonchev–Trinajstić information content (AvgIpc) is 2.84. The van der Waals surface area contributed by atoms with Gasteiger partial charge in [0.25, 0.3) is 5.91 Å². The van der Waals surface area contributed by atoms with Crippen LogP contribution >= 0.6 is 23.4 Å². The van der Waals surface area contributed by atoms with E-state index in [1.54, 1.807) is 54.6 Å². The number of carbonyl (C=O) groups is 3. The van der Waals surface area contributed by atoms with E-state index >= 15 is 0 Å². The third kappa shape index (κ3) is 7.07. The van der Waals surface area contributed by atoms with Gasteiger partial charge < -0.3 is 15.4 Å². The Morgan fingerprint density at radius 1 is 1.12 bits per heavy atom. The summed E-state index contributed by atoms with van der Waals surface area (Å²) in [5.74, 6) is -1.24. The van der Waals surface area contributed by atoms with E-state index in [0.717, 1.165) is 11.8 Å². The Morgan fingerprint density at radius 3 is 2.65 bits per heavy atom. The molecule has 2 N–H and O–H groups in total. The van der Waals surface area contributed by atoms with Crippen molar-refractivity contribution in [2.24, 2.45) is 0 Å². The molecular weight excluding hydrogens is 476 g/mol. The summed E-state index contributed by atoms with van der Waals surface area (Å²) in [6.45, 7) is 1.45.